The zero-order chi connectivity index (χ0) is 13.7. The van der Waals surface area contributed by atoms with E-state index >= 15 is 0 Å². The fourth-order valence-corrected chi connectivity index (χ4v) is 3.20. The lowest BCUT2D eigenvalue weighted by molar-refractivity contribution is 0.996. The van der Waals surface area contributed by atoms with Gasteiger partial charge < -0.3 is 5.01 Å². The van der Waals surface area contributed by atoms with Gasteiger partial charge >= 0.3 is 0 Å². The second-order valence-corrected chi connectivity index (χ2v) is 5.51. The fraction of sp³-hybridized carbons (Fsp3) is 0.250. The second-order valence-electron chi connectivity index (χ2n) is 4.49. The van der Waals surface area contributed by atoms with E-state index in [1.165, 1.54) is 16.0 Å². The number of anilines is 1. The van der Waals surface area contributed by atoms with E-state index in [9.17, 15) is 0 Å². The second kappa shape index (κ2) is 6.64. The van der Waals surface area contributed by atoms with Crippen molar-refractivity contribution in [3.63, 3.8) is 0 Å². The average Bonchev–Trinajstić information content (AvgIpc) is 2.45. The molecule has 0 unspecified atom stereocenters. The van der Waals surface area contributed by atoms with Crippen LogP contribution in [0.3, 0.4) is 0 Å². The number of rotatable bonds is 5. The lowest BCUT2D eigenvalue weighted by atomic mass is 10.1. The van der Waals surface area contributed by atoms with Crippen LogP contribution in [0.4, 0.5) is 5.69 Å². The summed E-state index contributed by atoms with van der Waals surface area (Å²) in [6.07, 6.45) is 1.08. The Balaban J connectivity index is 2.15. The standard InChI is InChI=1S/C16H20N2S/c1-3-13-8-4-5-9-14(13)12-19-16-11-7-6-10-15(16)18(2)17/h4-11H,3,12,17H2,1-2H3. The van der Waals surface area contributed by atoms with Crippen molar-refractivity contribution >= 4 is 17.4 Å². The predicted octanol–water partition coefficient (Wildman–Crippen LogP) is 3.85. The Kier molecular flexibility index (Phi) is 4.88. The van der Waals surface area contributed by atoms with E-state index in [4.69, 9.17) is 5.84 Å². The number of thioether (sulfide) groups is 1. The van der Waals surface area contributed by atoms with Gasteiger partial charge in [0.2, 0.25) is 0 Å². The minimum Gasteiger partial charge on any atom is -0.313 e. The Morgan fingerprint density at radius 1 is 1.00 bits per heavy atom. The van der Waals surface area contributed by atoms with Crippen molar-refractivity contribution in [3.8, 4) is 0 Å². The van der Waals surface area contributed by atoms with Crippen LogP contribution in [0, 0.1) is 0 Å². The van der Waals surface area contributed by atoms with Crippen molar-refractivity contribution in [2.45, 2.75) is 24.0 Å². The molecule has 0 bridgehead atoms. The maximum Gasteiger partial charge on any atom is 0.0649 e. The Labute approximate surface area is 119 Å². The highest BCUT2D eigenvalue weighted by Gasteiger charge is 2.06. The Morgan fingerprint density at radius 2 is 1.63 bits per heavy atom. The number of hydrogen-bond acceptors (Lipinski definition) is 3. The summed E-state index contributed by atoms with van der Waals surface area (Å²) in [5.41, 5.74) is 3.90. The molecule has 100 valence electrons. The Hall–Kier alpha value is -1.45. The average molecular weight is 272 g/mol. The molecule has 2 rings (SSSR count). The molecule has 2 nitrogen and oxygen atoms in total. The highest BCUT2D eigenvalue weighted by atomic mass is 32.2. The van der Waals surface area contributed by atoms with Crippen molar-refractivity contribution in [2.75, 3.05) is 12.1 Å². The van der Waals surface area contributed by atoms with E-state index in [0.29, 0.717) is 0 Å². The summed E-state index contributed by atoms with van der Waals surface area (Å²) < 4.78 is 0. The highest BCUT2D eigenvalue weighted by molar-refractivity contribution is 7.98. The lowest BCUT2D eigenvalue weighted by Gasteiger charge is -2.16. The first kappa shape index (κ1) is 14.0. The number of para-hydroxylation sites is 1. The lowest BCUT2D eigenvalue weighted by Crippen LogP contribution is -2.25. The first-order chi connectivity index (χ1) is 9.22. The smallest absolute Gasteiger partial charge is 0.0649 e. The fourth-order valence-electron chi connectivity index (χ4n) is 2.07. The SMILES string of the molecule is CCc1ccccc1CSc1ccccc1N(C)N. The van der Waals surface area contributed by atoms with Crippen molar-refractivity contribution in [3.05, 3.63) is 59.7 Å². The van der Waals surface area contributed by atoms with E-state index in [1.54, 1.807) is 5.01 Å². The quantitative estimate of drug-likeness (QED) is 0.509. The molecule has 0 spiro atoms. The van der Waals surface area contributed by atoms with Crippen LogP contribution in [0.15, 0.2) is 53.4 Å². The van der Waals surface area contributed by atoms with Gasteiger partial charge in [-0.25, -0.2) is 5.84 Å². The van der Waals surface area contributed by atoms with Crippen molar-refractivity contribution in [2.24, 2.45) is 5.84 Å². The summed E-state index contributed by atoms with van der Waals surface area (Å²) in [5, 5.41) is 1.67. The van der Waals surface area contributed by atoms with Gasteiger partial charge in [0, 0.05) is 17.7 Å². The third-order valence-corrected chi connectivity index (χ3v) is 4.24. The number of nitrogens with two attached hydrogens (primary N) is 1. The summed E-state index contributed by atoms with van der Waals surface area (Å²) in [7, 11) is 1.87. The van der Waals surface area contributed by atoms with Gasteiger partial charge in [-0.15, -0.1) is 11.8 Å². The van der Waals surface area contributed by atoms with Crippen LogP contribution in [0.1, 0.15) is 18.1 Å². The molecule has 0 saturated carbocycles. The van der Waals surface area contributed by atoms with Gasteiger partial charge in [0.1, 0.15) is 0 Å². The molecule has 0 radical (unpaired) electrons. The Morgan fingerprint density at radius 3 is 2.32 bits per heavy atom. The molecule has 0 heterocycles. The van der Waals surface area contributed by atoms with Crippen LogP contribution in [0.25, 0.3) is 0 Å². The normalized spacial score (nSPS) is 10.5. The van der Waals surface area contributed by atoms with Gasteiger partial charge in [-0.2, -0.15) is 0 Å². The van der Waals surface area contributed by atoms with Crippen LogP contribution in [-0.4, -0.2) is 7.05 Å². The van der Waals surface area contributed by atoms with E-state index in [1.807, 2.05) is 30.9 Å². The van der Waals surface area contributed by atoms with Gasteiger partial charge in [-0.3, -0.25) is 0 Å². The summed E-state index contributed by atoms with van der Waals surface area (Å²) >= 11 is 1.84. The van der Waals surface area contributed by atoms with Crippen LogP contribution >= 0.6 is 11.8 Å². The van der Waals surface area contributed by atoms with Crippen molar-refractivity contribution in [1.82, 2.24) is 0 Å². The maximum atomic E-state index is 5.86. The zero-order valence-corrected chi connectivity index (χ0v) is 12.3. The summed E-state index contributed by atoms with van der Waals surface area (Å²) in [6.45, 7) is 2.20. The molecule has 2 aromatic rings. The summed E-state index contributed by atoms with van der Waals surface area (Å²) in [4.78, 5) is 1.22. The third-order valence-electron chi connectivity index (χ3n) is 3.13. The molecule has 0 aliphatic carbocycles. The van der Waals surface area contributed by atoms with Crippen molar-refractivity contribution < 1.29 is 0 Å². The number of benzene rings is 2. The molecule has 0 aliphatic rings. The zero-order valence-electron chi connectivity index (χ0n) is 11.5. The number of nitrogens with zero attached hydrogens (tertiary/aromatic N) is 1. The minimum absolute atomic E-state index is 0.981. The highest BCUT2D eigenvalue weighted by Crippen LogP contribution is 2.31. The third kappa shape index (κ3) is 3.52. The molecule has 0 amide bonds. The molecule has 0 aromatic heterocycles. The predicted molar refractivity (Wildman–Crippen MR) is 84.4 cm³/mol. The van der Waals surface area contributed by atoms with Crippen molar-refractivity contribution in [1.29, 1.82) is 0 Å². The van der Waals surface area contributed by atoms with Gasteiger partial charge in [0.05, 0.1) is 5.69 Å². The molecule has 2 N–H and O–H groups in total. The topological polar surface area (TPSA) is 29.3 Å². The molecule has 0 fully saturated rings. The van der Waals surface area contributed by atoms with Crippen LogP contribution in [0.2, 0.25) is 0 Å². The van der Waals surface area contributed by atoms with Gasteiger partial charge in [0.25, 0.3) is 0 Å². The Bertz CT molecular complexity index is 538. The molecule has 0 aliphatic heterocycles. The summed E-state index contributed by atoms with van der Waals surface area (Å²) in [5.74, 6) is 6.84. The molecule has 0 saturated heterocycles. The first-order valence-corrected chi connectivity index (χ1v) is 7.48. The van der Waals surface area contributed by atoms with E-state index in [-0.39, 0.29) is 0 Å². The van der Waals surface area contributed by atoms with Crippen LogP contribution in [0.5, 0.6) is 0 Å². The number of aryl methyl sites for hydroxylation is 1. The molecule has 0 atom stereocenters. The first-order valence-electron chi connectivity index (χ1n) is 6.49. The maximum absolute atomic E-state index is 5.86. The molecule has 2 aromatic carbocycles. The van der Waals surface area contributed by atoms with E-state index < -0.39 is 0 Å². The minimum atomic E-state index is 0.981. The van der Waals surface area contributed by atoms with Gasteiger partial charge in [-0.05, 0) is 29.7 Å². The number of hydrazine groups is 1. The monoisotopic (exact) mass is 272 g/mol. The number of hydrogen-bond donors (Lipinski definition) is 1. The van der Waals surface area contributed by atoms with Crippen LogP contribution < -0.4 is 10.9 Å². The summed E-state index contributed by atoms with van der Waals surface area (Å²) in [6, 6.07) is 16.9. The molecular formula is C16H20N2S. The van der Waals surface area contributed by atoms with Gasteiger partial charge in [-0.1, -0.05) is 43.3 Å². The molecule has 19 heavy (non-hydrogen) atoms. The van der Waals surface area contributed by atoms with E-state index in [0.717, 1.165) is 17.9 Å². The van der Waals surface area contributed by atoms with Gasteiger partial charge in [0.15, 0.2) is 0 Å². The van der Waals surface area contributed by atoms with E-state index in [2.05, 4.69) is 43.3 Å². The molecule has 3 heteroatoms. The largest absolute Gasteiger partial charge is 0.313 e. The van der Waals surface area contributed by atoms with Crippen LogP contribution in [-0.2, 0) is 12.2 Å². The molecular weight excluding hydrogens is 252 g/mol.